The van der Waals surface area contributed by atoms with Gasteiger partial charge in [0.05, 0.1) is 24.5 Å². The van der Waals surface area contributed by atoms with E-state index in [2.05, 4.69) is 64.7 Å². The highest BCUT2D eigenvalue weighted by molar-refractivity contribution is 8.16. The lowest BCUT2D eigenvalue weighted by Crippen LogP contribution is -2.40. The number of hydrogen-bond donors (Lipinski definition) is 0. The monoisotopic (exact) mass is 545 g/mol. The third-order valence-electron chi connectivity index (χ3n) is 6.81. The van der Waals surface area contributed by atoms with Gasteiger partial charge in [-0.15, -0.1) is 0 Å². The van der Waals surface area contributed by atoms with Gasteiger partial charge >= 0.3 is 0 Å². The van der Waals surface area contributed by atoms with Gasteiger partial charge in [-0.1, -0.05) is 59.2 Å². The number of amidine groups is 1. The summed E-state index contributed by atoms with van der Waals surface area (Å²) in [7, 11) is 3.85. The van der Waals surface area contributed by atoms with Crippen molar-refractivity contribution in [3.8, 4) is 5.75 Å². The van der Waals surface area contributed by atoms with E-state index < -0.39 is 0 Å². The number of fused-ring (bicyclic) bond motifs is 1. The van der Waals surface area contributed by atoms with Crippen molar-refractivity contribution in [1.29, 1.82) is 0 Å². The molecule has 0 radical (unpaired) electrons. The average molecular weight is 547 g/mol. The second-order valence-electron chi connectivity index (χ2n) is 9.34. The number of halogens is 2. The molecule has 186 valence electrons. The number of ether oxygens (including phenoxy) is 1. The molecule has 0 aliphatic carbocycles. The quantitative estimate of drug-likeness (QED) is 0.335. The van der Waals surface area contributed by atoms with Crippen LogP contribution in [0.2, 0.25) is 10.0 Å². The van der Waals surface area contributed by atoms with E-state index in [9.17, 15) is 0 Å². The Kier molecular flexibility index (Phi) is 6.63. The van der Waals surface area contributed by atoms with Crippen molar-refractivity contribution in [1.82, 2.24) is 9.80 Å². The van der Waals surface area contributed by atoms with Gasteiger partial charge in [0.25, 0.3) is 0 Å². The largest absolute Gasteiger partial charge is 0.497 e. The fourth-order valence-electron chi connectivity index (χ4n) is 5.10. The van der Waals surface area contributed by atoms with Crippen LogP contribution in [0.3, 0.4) is 0 Å². The zero-order chi connectivity index (χ0) is 25.5. The van der Waals surface area contributed by atoms with Crippen LogP contribution in [0.15, 0.2) is 100 Å². The van der Waals surface area contributed by atoms with Crippen LogP contribution in [0.1, 0.15) is 22.7 Å². The topological polar surface area (TPSA) is 28.1 Å². The van der Waals surface area contributed by atoms with Crippen molar-refractivity contribution in [2.24, 2.45) is 4.99 Å². The maximum atomic E-state index is 6.30. The van der Waals surface area contributed by atoms with Gasteiger partial charge in [-0.25, -0.2) is 4.99 Å². The number of rotatable bonds is 4. The molecule has 0 N–H and O–H groups in total. The van der Waals surface area contributed by atoms with E-state index in [1.165, 1.54) is 16.7 Å². The molecule has 0 saturated heterocycles. The Labute approximate surface area is 231 Å². The summed E-state index contributed by atoms with van der Waals surface area (Å²) in [4.78, 5) is 9.98. The third kappa shape index (κ3) is 4.73. The zero-order valence-electron chi connectivity index (χ0n) is 20.5. The van der Waals surface area contributed by atoms with Crippen LogP contribution in [0.5, 0.6) is 5.75 Å². The SMILES string of the molecule is COc1ccc(C2=CSC3=NC4=C(CN(C)CC4=Cc4ccc(Cl)cc4)C(c4ccc(Cl)cc4)N23)cc1. The molecule has 0 fully saturated rings. The molecule has 0 saturated carbocycles. The lowest BCUT2D eigenvalue weighted by atomic mass is 9.88. The maximum Gasteiger partial charge on any atom is 0.174 e. The van der Waals surface area contributed by atoms with E-state index in [1.54, 1.807) is 18.9 Å². The van der Waals surface area contributed by atoms with Gasteiger partial charge in [0, 0.05) is 28.5 Å². The summed E-state index contributed by atoms with van der Waals surface area (Å²) in [6, 6.07) is 24.4. The van der Waals surface area contributed by atoms with Crippen molar-refractivity contribution >= 4 is 51.9 Å². The third-order valence-corrected chi connectivity index (χ3v) is 8.15. The Morgan fingerprint density at radius 2 is 1.59 bits per heavy atom. The highest BCUT2D eigenvalue weighted by Gasteiger charge is 2.41. The van der Waals surface area contributed by atoms with Gasteiger partial charge in [0.1, 0.15) is 5.75 Å². The molecular formula is C30H25Cl2N3OS. The van der Waals surface area contributed by atoms with E-state index in [1.807, 2.05) is 36.4 Å². The number of aliphatic imine (C=N–C) groups is 1. The summed E-state index contributed by atoms with van der Waals surface area (Å²) >= 11 is 14.1. The first-order chi connectivity index (χ1) is 18.0. The summed E-state index contributed by atoms with van der Waals surface area (Å²) in [5.74, 6) is 0.840. The van der Waals surface area contributed by atoms with E-state index in [0.29, 0.717) is 0 Å². The van der Waals surface area contributed by atoms with Crippen LogP contribution in [0.4, 0.5) is 0 Å². The number of methoxy groups -OCH3 is 1. The van der Waals surface area contributed by atoms with Crippen LogP contribution in [0, 0.1) is 0 Å². The molecule has 7 heteroatoms. The van der Waals surface area contributed by atoms with E-state index in [-0.39, 0.29) is 6.04 Å². The van der Waals surface area contributed by atoms with Crippen molar-refractivity contribution < 1.29 is 4.74 Å². The predicted molar refractivity (Wildman–Crippen MR) is 156 cm³/mol. The Morgan fingerprint density at radius 1 is 0.919 bits per heavy atom. The second-order valence-corrected chi connectivity index (χ2v) is 11.0. The molecule has 0 spiro atoms. The van der Waals surface area contributed by atoms with Crippen LogP contribution < -0.4 is 4.74 Å². The van der Waals surface area contributed by atoms with Crippen LogP contribution in [-0.2, 0) is 0 Å². The van der Waals surface area contributed by atoms with E-state index in [0.717, 1.165) is 56.6 Å². The summed E-state index contributed by atoms with van der Waals surface area (Å²) in [6.07, 6.45) is 2.23. The second kappa shape index (κ2) is 10.1. The molecular weight excluding hydrogens is 521 g/mol. The van der Waals surface area contributed by atoms with Crippen LogP contribution >= 0.6 is 35.0 Å². The van der Waals surface area contributed by atoms with E-state index >= 15 is 0 Å². The summed E-state index contributed by atoms with van der Waals surface area (Å²) < 4.78 is 5.39. The first kappa shape index (κ1) is 24.4. The molecule has 6 rings (SSSR count). The van der Waals surface area contributed by atoms with E-state index in [4.69, 9.17) is 32.9 Å². The number of nitrogens with zero attached hydrogens (tertiary/aromatic N) is 3. The Balaban J connectivity index is 1.49. The smallest absolute Gasteiger partial charge is 0.174 e. The molecule has 37 heavy (non-hydrogen) atoms. The number of benzene rings is 3. The lowest BCUT2D eigenvalue weighted by Gasteiger charge is -2.42. The predicted octanol–water partition coefficient (Wildman–Crippen LogP) is 7.74. The zero-order valence-corrected chi connectivity index (χ0v) is 22.8. The minimum absolute atomic E-state index is 0.000476. The summed E-state index contributed by atoms with van der Waals surface area (Å²) in [6.45, 7) is 1.66. The standard InChI is InChI=1S/C30H25Cl2N3OS/c1-34-16-22(15-19-3-9-23(31)10-4-19)28-26(17-34)29(21-5-11-24(32)12-6-21)35-27(18-37-30(35)33-28)20-7-13-25(36-2)14-8-20/h3-15,18,29H,16-17H2,1-2H3. The van der Waals surface area contributed by atoms with Crippen molar-refractivity contribution in [3.05, 3.63) is 122 Å². The van der Waals surface area contributed by atoms with Crippen molar-refractivity contribution in [2.75, 3.05) is 27.2 Å². The average Bonchev–Trinajstić information content (AvgIpc) is 3.33. The fourth-order valence-corrected chi connectivity index (χ4v) is 6.28. The molecule has 0 bridgehead atoms. The number of hydrogen-bond acceptors (Lipinski definition) is 5. The summed E-state index contributed by atoms with van der Waals surface area (Å²) in [5.41, 5.74) is 8.13. The van der Waals surface area contributed by atoms with Crippen LogP contribution in [-0.4, -0.2) is 42.2 Å². The number of likely N-dealkylation sites (N-methyl/N-ethyl adjacent to an activating group) is 1. The molecule has 3 aliphatic heterocycles. The molecule has 1 atom stereocenters. The highest BCUT2D eigenvalue weighted by Crippen LogP contribution is 2.49. The minimum atomic E-state index is -0.000476. The molecule has 1 unspecified atom stereocenters. The molecule has 3 aromatic rings. The van der Waals surface area contributed by atoms with Gasteiger partial charge in [0.15, 0.2) is 5.17 Å². The van der Waals surface area contributed by atoms with Crippen molar-refractivity contribution in [3.63, 3.8) is 0 Å². The molecule has 3 aliphatic rings. The first-order valence-corrected chi connectivity index (χ1v) is 13.7. The molecule has 0 amide bonds. The molecule has 3 heterocycles. The Bertz CT molecular complexity index is 1460. The Morgan fingerprint density at radius 3 is 2.27 bits per heavy atom. The maximum absolute atomic E-state index is 6.30. The van der Waals surface area contributed by atoms with Gasteiger partial charge in [-0.3, -0.25) is 4.90 Å². The highest BCUT2D eigenvalue weighted by atomic mass is 35.5. The molecule has 3 aromatic carbocycles. The fraction of sp³-hybridized carbons (Fsp3) is 0.167. The van der Waals surface area contributed by atoms with Crippen molar-refractivity contribution in [2.45, 2.75) is 6.04 Å². The van der Waals surface area contributed by atoms with Gasteiger partial charge in [0.2, 0.25) is 0 Å². The first-order valence-electron chi connectivity index (χ1n) is 12.0. The number of thioether (sulfide) groups is 1. The van der Waals surface area contributed by atoms with Crippen LogP contribution in [0.25, 0.3) is 11.8 Å². The molecule has 4 nitrogen and oxygen atoms in total. The van der Waals surface area contributed by atoms with Gasteiger partial charge in [-0.2, -0.15) is 0 Å². The lowest BCUT2D eigenvalue weighted by molar-refractivity contribution is 0.344. The normalized spacial score (nSPS) is 20.5. The Hall–Kier alpha value is -2.96. The minimum Gasteiger partial charge on any atom is -0.497 e. The molecule has 0 aromatic heterocycles. The van der Waals surface area contributed by atoms with Gasteiger partial charge in [-0.05, 0) is 89.5 Å². The summed E-state index contributed by atoms with van der Waals surface area (Å²) in [5, 5.41) is 4.65. The van der Waals surface area contributed by atoms with Gasteiger partial charge < -0.3 is 9.64 Å².